The minimum atomic E-state index is -0.208. The number of hydrogen-bond acceptors (Lipinski definition) is 4. The van der Waals surface area contributed by atoms with E-state index in [-0.39, 0.29) is 11.6 Å². The number of hydrogen-bond donors (Lipinski definition) is 2. The summed E-state index contributed by atoms with van der Waals surface area (Å²) in [4.78, 5) is 25.4. The Morgan fingerprint density at radius 1 is 1.12 bits per heavy atom. The van der Waals surface area contributed by atoms with Gasteiger partial charge in [0.2, 0.25) is 0 Å². The highest BCUT2D eigenvalue weighted by atomic mass is 16.2. The second-order valence-corrected chi connectivity index (χ2v) is 5.88. The van der Waals surface area contributed by atoms with Crippen molar-refractivity contribution in [1.29, 1.82) is 0 Å². The SMILES string of the molecule is Cn1nc(NC(=O)N2CCC(Nc3ccccc3)CC2)ccc1=O. The number of para-hydroxylation sites is 1. The predicted octanol–water partition coefficient (Wildman–Crippen LogP) is 1.89. The lowest BCUT2D eigenvalue weighted by Crippen LogP contribution is -2.44. The summed E-state index contributed by atoms with van der Waals surface area (Å²) in [7, 11) is 1.55. The van der Waals surface area contributed by atoms with Crippen LogP contribution in [-0.4, -0.2) is 39.8 Å². The van der Waals surface area contributed by atoms with Crippen LogP contribution >= 0.6 is 0 Å². The molecule has 0 spiro atoms. The molecule has 126 valence electrons. The van der Waals surface area contributed by atoms with E-state index in [2.05, 4.69) is 15.7 Å². The van der Waals surface area contributed by atoms with Crippen LogP contribution in [0.2, 0.25) is 0 Å². The topological polar surface area (TPSA) is 79.3 Å². The number of rotatable bonds is 3. The second-order valence-electron chi connectivity index (χ2n) is 5.88. The van der Waals surface area contributed by atoms with E-state index in [0.29, 0.717) is 24.9 Å². The Balaban J connectivity index is 1.51. The monoisotopic (exact) mass is 327 g/mol. The molecule has 1 saturated heterocycles. The van der Waals surface area contributed by atoms with Crippen molar-refractivity contribution < 1.29 is 4.79 Å². The van der Waals surface area contributed by atoms with Crippen LogP contribution in [0.15, 0.2) is 47.3 Å². The minimum absolute atomic E-state index is 0.181. The number of nitrogens with one attached hydrogen (secondary N) is 2. The fourth-order valence-corrected chi connectivity index (χ4v) is 2.75. The molecule has 0 aliphatic carbocycles. The Labute approximate surface area is 140 Å². The molecule has 0 unspecified atom stereocenters. The average molecular weight is 327 g/mol. The molecule has 2 aromatic rings. The molecule has 0 atom stereocenters. The second kappa shape index (κ2) is 7.16. The molecule has 24 heavy (non-hydrogen) atoms. The number of anilines is 2. The number of benzene rings is 1. The van der Waals surface area contributed by atoms with Gasteiger partial charge in [0.25, 0.3) is 5.56 Å². The van der Waals surface area contributed by atoms with Crippen LogP contribution < -0.4 is 16.2 Å². The van der Waals surface area contributed by atoms with E-state index >= 15 is 0 Å². The van der Waals surface area contributed by atoms with Gasteiger partial charge >= 0.3 is 6.03 Å². The summed E-state index contributed by atoms with van der Waals surface area (Å²) in [5.41, 5.74) is 0.899. The number of carbonyl (C=O) groups is 1. The van der Waals surface area contributed by atoms with E-state index in [0.717, 1.165) is 18.5 Å². The highest BCUT2D eigenvalue weighted by molar-refractivity contribution is 5.88. The van der Waals surface area contributed by atoms with Gasteiger partial charge in [-0.25, -0.2) is 9.48 Å². The molecule has 2 heterocycles. The molecule has 2 N–H and O–H groups in total. The third-order valence-corrected chi connectivity index (χ3v) is 4.12. The van der Waals surface area contributed by atoms with E-state index in [1.54, 1.807) is 11.9 Å². The Hall–Kier alpha value is -2.83. The van der Waals surface area contributed by atoms with Crippen molar-refractivity contribution in [2.24, 2.45) is 7.05 Å². The molecule has 1 aromatic heterocycles. The van der Waals surface area contributed by atoms with Crippen molar-refractivity contribution in [1.82, 2.24) is 14.7 Å². The van der Waals surface area contributed by atoms with E-state index in [4.69, 9.17) is 0 Å². The number of amides is 2. The van der Waals surface area contributed by atoms with Gasteiger partial charge in [-0.1, -0.05) is 18.2 Å². The Morgan fingerprint density at radius 2 is 1.83 bits per heavy atom. The number of piperidine rings is 1. The van der Waals surface area contributed by atoms with Gasteiger partial charge in [0.15, 0.2) is 5.82 Å². The molecule has 1 aromatic carbocycles. The molecule has 0 bridgehead atoms. The van der Waals surface area contributed by atoms with Crippen LogP contribution in [0.1, 0.15) is 12.8 Å². The average Bonchev–Trinajstić information content (AvgIpc) is 2.60. The van der Waals surface area contributed by atoms with Gasteiger partial charge in [0.1, 0.15) is 0 Å². The maximum absolute atomic E-state index is 12.3. The largest absolute Gasteiger partial charge is 0.382 e. The first kappa shape index (κ1) is 16.0. The van der Waals surface area contributed by atoms with Gasteiger partial charge in [0.05, 0.1) is 0 Å². The lowest BCUT2D eigenvalue weighted by molar-refractivity contribution is 0.197. The van der Waals surface area contributed by atoms with Crippen LogP contribution in [-0.2, 0) is 7.05 Å². The number of urea groups is 1. The Morgan fingerprint density at radius 3 is 2.50 bits per heavy atom. The lowest BCUT2D eigenvalue weighted by atomic mass is 10.0. The summed E-state index contributed by atoms with van der Waals surface area (Å²) < 4.78 is 1.20. The summed E-state index contributed by atoms with van der Waals surface area (Å²) in [6, 6.07) is 13.2. The predicted molar refractivity (Wildman–Crippen MR) is 93.2 cm³/mol. The molecule has 0 radical (unpaired) electrons. The maximum atomic E-state index is 12.3. The third kappa shape index (κ3) is 3.92. The normalized spacial score (nSPS) is 15.1. The van der Waals surface area contributed by atoms with Crippen LogP contribution in [0, 0.1) is 0 Å². The molecule has 7 heteroatoms. The minimum Gasteiger partial charge on any atom is -0.382 e. The maximum Gasteiger partial charge on any atom is 0.323 e. The van der Waals surface area contributed by atoms with Crippen LogP contribution in [0.3, 0.4) is 0 Å². The Kier molecular flexibility index (Phi) is 4.79. The van der Waals surface area contributed by atoms with Crippen molar-refractivity contribution >= 4 is 17.5 Å². The zero-order valence-corrected chi connectivity index (χ0v) is 13.6. The summed E-state index contributed by atoms with van der Waals surface area (Å²) in [6.07, 6.45) is 1.78. The zero-order chi connectivity index (χ0) is 16.9. The number of nitrogens with zero attached hydrogens (tertiary/aromatic N) is 3. The first-order valence-corrected chi connectivity index (χ1v) is 8.04. The summed E-state index contributed by atoms with van der Waals surface area (Å²) in [6.45, 7) is 1.37. The summed E-state index contributed by atoms with van der Waals surface area (Å²) in [5, 5.41) is 10.2. The van der Waals surface area contributed by atoms with Crippen molar-refractivity contribution in [2.45, 2.75) is 18.9 Å². The van der Waals surface area contributed by atoms with Gasteiger partial charge < -0.3 is 10.2 Å². The van der Waals surface area contributed by atoms with Crippen molar-refractivity contribution in [3.63, 3.8) is 0 Å². The van der Waals surface area contributed by atoms with Gasteiger partial charge in [0, 0.05) is 37.9 Å². The van der Waals surface area contributed by atoms with Crippen molar-refractivity contribution in [3.05, 3.63) is 52.8 Å². The Bertz CT molecular complexity index is 751. The third-order valence-electron chi connectivity index (χ3n) is 4.12. The molecular formula is C17H21N5O2. The number of aromatic nitrogens is 2. The first-order chi connectivity index (χ1) is 11.6. The van der Waals surface area contributed by atoms with Gasteiger partial charge in [-0.2, -0.15) is 5.10 Å². The van der Waals surface area contributed by atoms with E-state index < -0.39 is 0 Å². The van der Waals surface area contributed by atoms with E-state index in [1.807, 2.05) is 30.3 Å². The first-order valence-electron chi connectivity index (χ1n) is 8.04. The zero-order valence-electron chi connectivity index (χ0n) is 13.6. The molecular weight excluding hydrogens is 306 g/mol. The standard InChI is InChI=1S/C17H21N5O2/c1-21-16(23)8-7-15(20-21)19-17(24)22-11-9-14(10-12-22)18-13-5-3-2-4-6-13/h2-8,14,18H,9-12H2,1H3,(H,19,20,24). The molecule has 1 fully saturated rings. The van der Waals surface area contributed by atoms with E-state index in [9.17, 15) is 9.59 Å². The highest BCUT2D eigenvalue weighted by Crippen LogP contribution is 2.17. The number of carbonyl (C=O) groups excluding carboxylic acids is 1. The fourth-order valence-electron chi connectivity index (χ4n) is 2.75. The molecule has 3 rings (SSSR count). The lowest BCUT2D eigenvalue weighted by Gasteiger charge is -2.32. The molecule has 1 aliphatic rings. The smallest absolute Gasteiger partial charge is 0.323 e. The van der Waals surface area contributed by atoms with E-state index in [1.165, 1.54) is 16.8 Å². The van der Waals surface area contributed by atoms with Gasteiger partial charge in [-0.3, -0.25) is 10.1 Å². The van der Waals surface area contributed by atoms with Crippen molar-refractivity contribution in [3.8, 4) is 0 Å². The highest BCUT2D eigenvalue weighted by Gasteiger charge is 2.23. The number of aryl methyl sites for hydroxylation is 1. The molecule has 2 amide bonds. The van der Waals surface area contributed by atoms with Gasteiger partial charge in [-0.05, 0) is 31.0 Å². The molecule has 0 saturated carbocycles. The summed E-state index contributed by atoms with van der Waals surface area (Å²) in [5.74, 6) is 0.381. The molecule has 7 nitrogen and oxygen atoms in total. The number of likely N-dealkylation sites (tertiary alicyclic amines) is 1. The van der Waals surface area contributed by atoms with Crippen LogP contribution in [0.25, 0.3) is 0 Å². The summed E-state index contributed by atoms with van der Waals surface area (Å²) >= 11 is 0. The van der Waals surface area contributed by atoms with Gasteiger partial charge in [-0.15, -0.1) is 0 Å². The molecule has 1 aliphatic heterocycles. The fraction of sp³-hybridized carbons (Fsp3) is 0.353. The van der Waals surface area contributed by atoms with Crippen molar-refractivity contribution in [2.75, 3.05) is 23.7 Å². The van der Waals surface area contributed by atoms with Crippen LogP contribution in [0.5, 0.6) is 0 Å². The van der Waals surface area contributed by atoms with Crippen LogP contribution in [0.4, 0.5) is 16.3 Å². The quantitative estimate of drug-likeness (QED) is 0.902.